The second-order valence-corrected chi connectivity index (χ2v) is 5.71. The second-order valence-electron chi connectivity index (χ2n) is 5.71. The van der Waals surface area contributed by atoms with Gasteiger partial charge < -0.3 is 15.2 Å². The number of fused-ring (bicyclic) bond motifs is 1. The van der Waals surface area contributed by atoms with E-state index < -0.39 is 0 Å². The lowest BCUT2D eigenvalue weighted by Gasteiger charge is -2.35. The minimum absolute atomic E-state index is 0.278. The standard InChI is InChI=1S/C15H22N2O2/c1-15(16,17-6-2-3-7-17)11-12-4-5-13-14(10-12)19-9-8-18-13/h4-5,10H,2-3,6-9,11,16H2,1H3. The molecular weight excluding hydrogens is 240 g/mol. The van der Waals surface area contributed by atoms with Crippen molar-refractivity contribution < 1.29 is 9.47 Å². The third kappa shape index (κ3) is 2.69. The molecule has 4 nitrogen and oxygen atoms in total. The molecule has 1 fully saturated rings. The van der Waals surface area contributed by atoms with Crippen molar-refractivity contribution in [2.45, 2.75) is 31.8 Å². The molecule has 0 aliphatic carbocycles. The van der Waals surface area contributed by atoms with Crippen LogP contribution in [0.3, 0.4) is 0 Å². The van der Waals surface area contributed by atoms with Crippen LogP contribution < -0.4 is 15.2 Å². The van der Waals surface area contributed by atoms with Crippen molar-refractivity contribution in [3.8, 4) is 11.5 Å². The fraction of sp³-hybridized carbons (Fsp3) is 0.600. The number of ether oxygens (including phenoxy) is 2. The van der Waals surface area contributed by atoms with E-state index in [0.29, 0.717) is 13.2 Å². The Bertz CT molecular complexity index is 453. The zero-order valence-electron chi connectivity index (χ0n) is 11.5. The molecule has 0 radical (unpaired) electrons. The van der Waals surface area contributed by atoms with Gasteiger partial charge in [0.25, 0.3) is 0 Å². The predicted molar refractivity (Wildman–Crippen MR) is 74.5 cm³/mol. The fourth-order valence-electron chi connectivity index (χ4n) is 2.95. The topological polar surface area (TPSA) is 47.7 Å². The van der Waals surface area contributed by atoms with Gasteiger partial charge in [-0.15, -0.1) is 0 Å². The SMILES string of the molecule is CC(N)(Cc1ccc2c(c1)OCCO2)N1CCCC1. The van der Waals surface area contributed by atoms with Crippen LogP contribution in [0.15, 0.2) is 18.2 Å². The summed E-state index contributed by atoms with van der Waals surface area (Å²) in [5.41, 5.74) is 7.42. The van der Waals surface area contributed by atoms with E-state index in [1.165, 1.54) is 18.4 Å². The number of hydrogen-bond donors (Lipinski definition) is 1. The molecule has 19 heavy (non-hydrogen) atoms. The van der Waals surface area contributed by atoms with Gasteiger partial charge in [-0.05, 0) is 50.6 Å². The summed E-state index contributed by atoms with van der Waals surface area (Å²) in [6.07, 6.45) is 3.35. The van der Waals surface area contributed by atoms with Crippen LogP contribution in [0.4, 0.5) is 0 Å². The smallest absolute Gasteiger partial charge is 0.161 e. The Labute approximate surface area is 114 Å². The molecular formula is C15H22N2O2. The molecule has 0 spiro atoms. The van der Waals surface area contributed by atoms with Gasteiger partial charge >= 0.3 is 0 Å². The first-order valence-corrected chi connectivity index (χ1v) is 7.08. The van der Waals surface area contributed by atoms with Crippen molar-refractivity contribution in [3.63, 3.8) is 0 Å². The Morgan fingerprint density at radius 3 is 2.58 bits per heavy atom. The van der Waals surface area contributed by atoms with E-state index in [1.54, 1.807) is 0 Å². The number of nitrogens with two attached hydrogens (primary N) is 1. The van der Waals surface area contributed by atoms with Gasteiger partial charge in [0, 0.05) is 6.42 Å². The normalized spacial score (nSPS) is 22.2. The third-order valence-electron chi connectivity index (χ3n) is 4.00. The molecule has 2 aliphatic heterocycles. The second kappa shape index (κ2) is 5.02. The van der Waals surface area contributed by atoms with Gasteiger partial charge in [0.15, 0.2) is 11.5 Å². The minimum atomic E-state index is -0.278. The highest BCUT2D eigenvalue weighted by Crippen LogP contribution is 2.32. The predicted octanol–water partition coefficient (Wildman–Crippen LogP) is 1.77. The highest BCUT2D eigenvalue weighted by atomic mass is 16.6. The first-order chi connectivity index (χ1) is 9.15. The fourth-order valence-corrected chi connectivity index (χ4v) is 2.95. The molecule has 1 atom stereocenters. The van der Waals surface area contributed by atoms with Crippen LogP contribution in [0.5, 0.6) is 11.5 Å². The largest absolute Gasteiger partial charge is 0.486 e. The third-order valence-corrected chi connectivity index (χ3v) is 4.00. The number of hydrogen-bond acceptors (Lipinski definition) is 4. The van der Waals surface area contributed by atoms with Crippen LogP contribution in [0.1, 0.15) is 25.3 Å². The monoisotopic (exact) mass is 262 g/mol. The molecule has 1 unspecified atom stereocenters. The van der Waals surface area contributed by atoms with Gasteiger partial charge in [0.05, 0.1) is 5.66 Å². The average Bonchev–Trinajstić information content (AvgIpc) is 2.93. The van der Waals surface area contributed by atoms with E-state index in [1.807, 2.05) is 6.07 Å². The summed E-state index contributed by atoms with van der Waals surface area (Å²) >= 11 is 0. The van der Waals surface area contributed by atoms with Gasteiger partial charge in [-0.2, -0.15) is 0 Å². The van der Waals surface area contributed by atoms with Crippen LogP contribution >= 0.6 is 0 Å². The summed E-state index contributed by atoms with van der Waals surface area (Å²) in [7, 11) is 0. The van der Waals surface area contributed by atoms with E-state index in [-0.39, 0.29) is 5.66 Å². The van der Waals surface area contributed by atoms with Crippen molar-refractivity contribution in [1.29, 1.82) is 0 Å². The number of benzene rings is 1. The van der Waals surface area contributed by atoms with Gasteiger partial charge in [0.1, 0.15) is 13.2 Å². The van der Waals surface area contributed by atoms with Crippen LogP contribution in [0.2, 0.25) is 0 Å². The summed E-state index contributed by atoms with van der Waals surface area (Å²) < 4.78 is 11.2. The molecule has 2 N–H and O–H groups in total. The number of likely N-dealkylation sites (tertiary alicyclic amines) is 1. The van der Waals surface area contributed by atoms with Crippen molar-refractivity contribution in [3.05, 3.63) is 23.8 Å². The first-order valence-electron chi connectivity index (χ1n) is 7.08. The molecule has 3 rings (SSSR count). The Hall–Kier alpha value is -1.26. The van der Waals surface area contributed by atoms with Crippen molar-refractivity contribution in [1.82, 2.24) is 4.90 Å². The molecule has 2 heterocycles. The Balaban J connectivity index is 1.75. The van der Waals surface area contributed by atoms with E-state index in [0.717, 1.165) is 31.0 Å². The average molecular weight is 262 g/mol. The molecule has 2 aliphatic rings. The summed E-state index contributed by atoms with van der Waals surface area (Å²) in [6.45, 7) is 5.60. The van der Waals surface area contributed by atoms with Crippen LogP contribution in [0.25, 0.3) is 0 Å². The van der Waals surface area contributed by atoms with E-state index in [4.69, 9.17) is 15.2 Å². The summed E-state index contributed by atoms with van der Waals surface area (Å²) in [5, 5.41) is 0. The lowest BCUT2D eigenvalue weighted by atomic mass is 10.00. The quantitative estimate of drug-likeness (QED) is 0.902. The number of nitrogens with zero attached hydrogens (tertiary/aromatic N) is 1. The lowest BCUT2D eigenvalue weighted by molar-refractivity contribution is 0.141. The van der Waals surface area contributed by atoms with E-state index in [9.17, 15) is 0 Å². The van der Waals surface area contributed by atoms with Crippen molar-refractivity contribution in [2.75, 3.05) is 26.3 Å². The maximum absolute atomic E-state index is 6.48. The zero-order valence-corrected chi connectivity index (χ0v) is 11.5. The molecule has 4 heteroatoms. The first kappa shape index (κ1) is 12.8. The molecule has 0 amide bonds. The minimum Gasteiger partial charge on any atom is -0.486 e. The molecule has 1 aromatic carbocycles. The van der Waals surface area contributed by atoms with Gasteiger partial charge in [-0.3, -0.25) is 4.90 Å². The molecule has 1 aromatic rings. The van der Waals surface area contributed by atoms with Gasteiger partial charge in [0.2, 0.25) is 0 Å². The summed E-state index contributed by atoms with van der Waals surface area (Å²) in [6, 6.07) is 6.15. The molecule has 104 valence electrons. The van der Waals surface area contributed by atoms with E-state index in [2.05, 4.69) is 24.0 Å². The maximum atomic E-state index is 6.48. The summed E-state index contributed by atoms with van der Waals surface area (Å²) in [5.74, 6) is 1.69. The molecule has 1 saturated heterocycles. The van der Waals surface area contributed by atoms with Crippen LogP contribution in [0, 0.1) is 0 Å². The van der Waals surface area contributed by atoms with Gasteiger partial charge in [-0.1, -0.05) is 6.07 Å². The highest BCUT2D eigenvalue weighted by molar-refractivity contribution is 5.44. The Kier molecular flexibility index (Phi) is 3.37. The number of rotatable bonds is 3. The van der Waals surface area contributed by atoms with E-state index >= 15 is 0 Å². The Morgan fingerprint density at radius 2 is 1.84 bits per heavy atom. The van der Waals surface area contributed by atoms with Crippen molar-refractivity contribution in [2.24, 2.45) is 5.73 Å². The van der Waals surface area contributed by atoms with Crippen LogP contribution in [-0.4, -0.2) is 36.9 Å². The summed E-state index contributed by atoms with van der Waals surface area (Å²) in [4.78, 5) is 2.38. The maximum Gasteiger partial charge on any atom is 0.161 e. The van der Waals surface area contributed by atoms with Gasteiger partial charge in [-0.25, -0.2) is 0 Å². The Morgan fingerprint density at radius 1 is 1.16 bits per heavy atom. The molecule has 0 bridgehead atoms. The zero-order chi connectivity index (χ0) is 13.3. The highest BCUT2D eigenvalue weighted by Gasteiger charge is 2.30. The molecule has 0 aromatic heterocycles. The lowest BCUT2D eigenvalue weighted by Crippen LogP contribution is -2.54. The van der Waals surface area contributed by atoms with Crippen LogP contribution in [-0.2, 0) is 6.42 Å². The molecule has 0 saturated carbocycles. The van der Waals surface area contributed by atoms with Crippen molar-refractivity contribution >= 4 is 0 Å².